The number of rotatable bonds is 7. The highest BCUT2D eigenvalue weighted by Gasteiger charge is 2.58. The number of carbonyl (C=O) groups is 4. The molecule has 0 radical (unpaired) electrons. The molecule has 1 saturated heterocycles. The van der Waals surface area contributed by atoms with Gasteiger partial charge >= 0.3 is 12.1 Å². The van der Waals surface area contributed by atoms with Crippen LogP contribution in [0.25, 0.3) is 0 Å². The van der Waals surface area contributed by atoms with E-state index in [1.165, 1.54) is 19.2 Å². The number of aryl methyl sites for hydroxylation is 1. The number of hydrogen-bond donors (Lipinski definition) is 2. The highest BCUT2D eigenvalue weighted by Crippen LogP contribution is 2.46. The van der Waals surface area contributed by atoms with E-state index < -0.39 is 24.1 Å². The van der Waals surface area contributed by atoms with Gasteiger partial charge in [-0.05, 0) is 67.5 Å². The van der Waals surface area contributed by atoms with E-state index in [9.17, 15) is 23.6 Å². The first-order chi connectivity index (χ1) is 17.7. The Morgan fingerprint density at radius 2 is 1.92 bits per heavy atom. The van der Waals surface area contributed by atoms with Crippen LogP contribution < -0.4 is 10.6 Å². The van der Waals surface area contributed by atoms with Crippen LogP contribution in [0.4, 0.5) is 19.7 Å². The Labute approximate surface area is 213 Å². The molecule has 194 valence electrons. The molecule has 1 spiro atoms. The summed E-state index contributed by atoms with van der Waals surface area (Å²) in [5.41, 5.74) is 1.22. The topological polar surface area (TPSA) is 108 Å². The van der Waals surface area contributed by atoms with Crippen LogP contribution in [0.3, 0.4) is 0 Å². The molecule has 37 heavy (non-hydrogen) atoms. The third kappa shape index (κ3) is 4.63. The van der Waals surface area contributed by atoms with Crippen LogP contribution in [0.15, 0.2) is 42.5 Å². The lowest BCUT2D eigenvalue weighted by Gasteiger charge is -2.30. The molecule has 1 saturated carbocycles. The van der Waals surface area contributed by atoms with Crippen LogP contribution in [0.1, 0.15) is 42.9 Å². The number of amides is 5. The third-order valence-corrected chi connectivity index (χ3v) is 7.52. The van der Waals surface area contributed by atoms with E-state index >= 15 is 0 Å². The summed E-state index contributed by atoms with van der Waals surface area (Å²) in [6, 6.07) is 10.6. The summed E-state index contributed by atoms with van der Waals surface area (Å²) in [7, 11) is 1.51. The monoisotopic (exact) mass is 508 g/mol. The third-order valence-electron chi connectivity index (χ3n) is 7.52. The molecule has 1 heterocycles. The Balaban J connectivity index is 1.34. The molecule has 0 aromatic heterocycles. The van der Waals surface area contributed by atoms with Gasteiger partial charge in [0.1, 0.15) is 12.4 Å². The maximum atomic E-state index is 13.6. The summed E-state index contributed by atoms with van der Waals surface area (Å²) in [4.78, 5) is 54.1. The van der Waals surface area contributed by atoms with Crippen LogP contribution in [0.2, 0.25) is 0 Å². The van der Waals surface area contributed by atoms with Crippen molar-refractivity contribution < 1.29 is 28.3 Å². The van der Waals surface area contributed by atoms with Crippen LogP contribution in [0, 0.1) is 11.7 Å². The fraction of sp³-hybridized carbons (Fsp3) is 0.407. The van der Waals surface area contributed by atoms with Crippen molar-refractivity contribution >= 4 is 29.6 Å². The molecule has 2 atom stereocenters. The van der Waals surface area contributed by atoms with E-state index in [-0.39, 0.29) is 36.8 Å². The molecule has 2 aliphatic carbocycles. The zero-order valence-corrected chi connectivity index (χ0v) is 20.8. The molecule has 3 aliphatic rings. The van der Waals surface area contributed by atoms with Crippen molar-refractivity contribution in [2.75, 3.05) is 18.9 Å². The maximum Gasteiger partial charge on any atom is 0.418 e. The van der Waals surface area contributed by atoms with Gasteiger partial charge < -0.3 is 20.3 Å². The lowest BCUT2D eigenvalue weighted by molar-refractivity contribution is -0.143. The summed E-state index contributed by atoms with van der Waals surface area (Å²) in [5.74, 6) is -0.927. The maximum absolute atomic E-state index is 13.6. The molecule has 2 fully saturated rings. The fourth-order valence-corrected chi connectivity index (χ4v) is 5.23. The minimum Gasteiger partial charge on any atom is -0.427 e. The number of fused-ring (bicyclic) bond motifs is 2. The van der Waals surface area contributed by atoms with E-state index in [0.29, 0.717) is 23.6 Å². The standard InChI is InChI=1S/C27H29FN4O5/c1-16(18-5-6-18)31(14-17-3-7-20(28)8-4-17)23(33)15-32-24(34)27(37-26(32)36)12-11-19-13-21(9-10-22(19)27)30-25(35)29-2/h3-4,7-10,13,16,18H,5-6,11-12,14-15H2,1-2H3,(H2,29,30,35)/t16-,27+/m1/s1. The van der Waals surface area contributed by atoms with Crippen LogP contribution in [0.5, 0.6) is 0 Å². The number of ether oxygens (including phenoxy) is 1. The van der Waals surface area contributed by atoms with Crippen molar-refractivity contribution in [3.63, 3.8) is 0 Å². The number of nitrogens with zero attached hydrogens (tertiary/aromatic N) is 2. The van der Waals surface area contributed by atoms with Gasteiger partial charge in [-0.3, -0.25) is 9.59 Å². The van der Waals surface area contributed by atoms with E-state index in [0.717, 1.165) is 28.9 Å². The molecule has 2 aromatic rings. The summed E-state index contributed by atoms with van der Waals surface area (Å²) in [5, 5.41) is 5.17. The van der Waals surface area contributed by atoms with Gasteiger partial charge in [-0.25, -0.2) is 18.9 Å². The Hall–Kier alpha value is -3.95. The predicted octanol–water partition coefficient (Wildman–Crippen LogP) is 3.52. The molecule has 9 nitrogen and oxygen atoms in total. The first-order valence-corrected chi connectivity index (χ1v) is 12.4. The molecule has 0 unspecified atom stereocenters. The average Bonchev–Trinajstić information content (AvgIpc) is 3.64. The molecule has 5 rings (SSSR count). The van der Waals surface area contributed by atoms with Gasteiger partial charge in [0.25, 0.3) is 5.91 Å². The Morgan fingerprint density at radius 1 is 1.19 bits per heavy atom. The Morgan fingerprint density at radius 3 is 2.59 bits per heavy atom. The van der Waals surface area contributed by atoms with E-state index in [2.05, 4.69) is 10.6 Å². The van der Waals surface area contributed by atoms with Crippen molar-refractivity contribution in [1.29, 1.82) is 0 Å². The first kappa shape index (κ1) is 24.7. The van der Waals surface area contributed by atoms with Crippen LogP contribution in [-0.2, 0) is 32.9 Å². The van der Waals surface area contributed by atoms with Crippen molar-refractivity contribution in [2.45, 2.75) is 50.8 Å². The molecule has 1 aliphatic heterocycles. The number of hydrogen-bond acceptors (Lipinski definition) is 5. The second-order valence-electron chi connectivity index (χ2n) is 9.89. The number of imide groups is 1. The second-order valence-corrected chi connectivity index (χ2v) is 9.89. The minimum atomic E-state index is -1.47. The average molecular weight is 509 g/mol. The minimum absolute atomic E-state index is 0.0845. The fourth-order valence-electron chi connectivity index (χ4n) is 5.23. The summed E-state index contributed by atoms with van der Waals surface area (Å²) >= 11 is 0. The van der Waals surface area contributed by atoms with Crippen molar-refractivity contribution in [2.24, 2.45) is 5.92 Å². The summed E-state index contributed by atoms with van der Waals surface area (Å²) < 4.78 is 19.0. The van der Waals surface area contributed by atoms with Gasteiger partial charge in [0.2, 0.25) is 11.5 Å². The van der Waals surface area contributed by atoms with Crippen molar-refractivity contribution in [1.82, 2.24) is 15.1 Å². The summed E-state index contributed by atoms with van der Waals surface area (Å²) in [6.45, 7) is 1.79. The van der Waals surface area contributed by atoms with Crippen molar-refractivity contribution in [3.8, 4) is 0 Å². The summed E-state index contributed by atoms with van der Waals surface area (Å²) in [6.07, 6.45) is 1.92. The Kier molecular flexibility index (Phi) is 6.35. The molecule has 2 aromatic carbocycles. The van der Waals surface area contributed by atoms with E-state index in [1.807, 2.05) is 6.92 Å². The highest BCUT2D eigenvalue weighted by molar-refractivity contribution is 6.06. The number of urea groups is 1. The number of nitrogens with one attached hydrogen (secondary N) is 2. The molecular weight excluding hydrogens is 479 g/mol. The SMILES string of the molecule is CNC(=O)Nc1ccc2c(c1)CC[C@]21OC(=O)N(CC(=O)N(Cc2ccc(F)cc2)[C@H](C)C2CC2)C1=O. The molecule has 2 N–H and O–H groups in total. The lowest BCUT2D eigenvalue weighted by atomic mass is 9.94. The van der Waals surface area contributed by atoms with Crippen LogP contribution in [-0.4, -0.2) is 53.4 Å². The number of benzene rings is 2. The molecule has 10 heteroatoms. The zero-order chi connectivity index (χ0) is 26.3. The van der Waals surface area contributed by atoms with Crippen LogP contribution >= 0.6 is 0 Å². The van der Waals surface area contributed by atoms with E-state index in [1.54, 1.807) is 35.2 Å². The number of carbonyl (C=O) groups excluding carboxylic acids is 4. The second kappa shape index (κ2) is 9.49. The van der Waals surface area contributed by atoms with Gasteiger partial charge in [-0.1, -0.05) is 18.2 Å². The quantitative estimate of drug-likeness (QED) is 0.595. The van der Waals surface area contributed by atoms with Gasteiger partial charge in [-0.2, -0.15) is 0 Å². The van der Waals surface area contributed by atoms with E-state index in [4.69, 9.17) is 4.74 Å². The van der Waals surface area contributed by atoms with Crippen molar-refractivity contribution in [3.05, 3.63) is 65.0 Å². The number of halogens is 1. The predicted molar refractivity (Wildman–Crippen MR) is 132 cm³/mol. The lowest BCUT2D eigenvalue weighted by Crippen LogP contribution is -2.47. The first-order valence-electron chi connectivity index (χ1n) is 12.4. The zero-order valence-electron chi connectivity index (χ0n) is 20.8. The molecule has 0 bridgehead atoms. The largest absolute Gasteiger partial charge is 0.427 e. The normalized spacial score (nSPS) is 21.0. The highest BCUT2D eigenvalue weighted by atomic mass is 19.1. The molecular formula is C27H29FN4O5. The smallest absolute Gasteiger partial charge is 0.418 e. The van der Waals surface area contributed by atoms with Gasteiger partial charge in [0.15, 0.2) is 0 Å². The van der Waals surface area contributed by atoms with Gasteiger partial charge in [-0.15, -0.1) is 0 Å². The van der Waals surface area contributed by atoms with Gasteiger partial charge in [0.05, 0.1) is 0 Å². The number of anilines is 1. The van der Waals surface area contributed by atoms with Gasteiger partial charge in [0, 0.05) is 37.3 Å². The molecule has 5 amide bonds. The Bertz CT molecular complexity index is 1260.